The molecule has 2 fully saturated rings. The molecule has 100 valence electrons. The minimum absolute atomic E-state index is 0.396. The lowest BCUT2D eigenvalue weighted by atomic mass is 10.0. The number of hydrogen-bond acceptors (Lipinski definition) is 2. The van der Waals surface area contributed by atoms with Crippen molar-refractivity contribution >= 4 is 0 Å². The van der Waals surface area contributed by atoms with Crippen LogP contribution in [0.15, 0.2) is 16.5 Å². The number of furan rings is 1. The lowest BCUT2D eigenvalue weighted by molar-refractivity contribution is 0.432. The molecule has 0 amide bonds. The smallest absolute Gasteiger partial charge is 0.117 e. The first kappa shape index (κ1) is 12.3. The first-order valence-electron chi connectivity index (χ1n) is 7.16. The number of hydrogen-bond donors (Lipinski definition) is 1. The second-order valence-corrected chi connectivity index (χ2v) is 7.38. The lowest BCUT2D eigenvalue weighted by Gasteiger charge is -2.04. The molecular weight excluding hydrogens is 222 g/mol. The molecule has 2 saturated carbocycles. The van der Waals surface area contributed by atoms with Gasteiger partial charge in [0.2, 0.25) is 0 Å². The molecule has 0 bridgehead atoms. The van der Waals surface area contributed by atoms with Crippen LogP contribution in [0.1, 0.15) is 58.5 Å². The van der Waals surface area contributed by atoms with Crippen LogP contribution in [0, 0.1) is 16.7 Å². The molecule has 2 heteroatoms. The Labute approximate surface area is 110 Å². The van der Waals surface area contributed by atoms with Gasteiger partial charge in [0.05, 0.1) is 6.54 Å². The van der Waals surface area contributed by atoms with Gasteiger partial charge in [0.1, 0.15) is 11.5 Å². The maximum Gasteiger partial charge on any atom is 0.117 e. The van der Waals surface area contributed by atoms with Gasteiger partial charge in [0.25, 0.3) is 0 Å². The minimum Gasteiger partial charge on any atom is -0.464 e. The molecule has 0 radical (unpaired) electrons. The SMILES string of the molecule is CC1CC1c1ccc(CNC2C(C)(C)C2(C)C)o1. The zero-order valence-corrected chi connectivity index (χ0v) is 12.2. The molecule has 2 nitrogen and oxygen atoms in total. The van der Waals surface area contributed by atoms with E-state index in [9.17, 15) is 0 Å². The van der Waals surface area contributed by atoms with Crippen LogP contribution in [0.25, 0.3) is 0 Å². The second-order valence-electron chi connectivity index (χ2n) is 7.38. The maximum atomic E-state index is 5.93. The van der Waals surface area contributed by atoms with Crippen LogP contribution in [0.4, 0.5) is 0 Å². The van der Waals surface area contributed by atoms with Crippen molar-refractivity contribution < 1.29 is 4.42 Å². The molecule has 1 N–H and O–H groups in total. The molecule has 0 saturated heterocycles. The highest BCUT2D eigenvalue weighted by molar-refractivity contribution is 5.20. The predicted molar refractivity (Wildman–Crippen MR) is 73.4 cm³/mol. The molecule has 2 aliphatic rings. The normalized spacial score (nSPS) is 32.5. The topological polar surface area (TPSA) is 25.2 Å². The van der Waals surface area contributed by atoms with E-state index >= 15 is 0 Å². The fourth-order valence-corrected chi connectivity index (χ4v) is 3.32. The number of rotatable bonds is 4. The van der Waals surface area contributed by atoms with Crippen molar-refractivity contribution in [3.63, 3.8) is 0 Å². The summed E-state index contributed by atoms with van der Waals surface area (Å²) in [5.74, 6) is 3.78. The number of nitrogens with one attached hydrogen (secondary N) is 1. The van der Waals surface area contributed by atoms with E-state index in [0.29, 0.717) is 22.8 Å². The zero-order valence-electron chi connectivity index (χ0n) is 12.2. The fraction of sp³-hybridized carbons (Fsp3) is 0.750. The van der Waals surface area contributed by atoms with Crippen LogP contribution in [0.2, 0.25) is 0 Å². The van der Waals surface area contributed by atoms with Gasteiger partial charge in [0.15, 0.2) is 0 Å². The molecule has 1 heterocycles. The van der Waals surface area contributed by atoms with Gasteiger partial charge in [-0.05, 0) is 35.3 Å². The molecule has 2 unspecified atom stereocenters. The molecule has 0 spiro atoms. The maximum absolute atomic E-state index is 5.93. The van der Waals surface area contributed by atoms with Gasteiger partial charge in [0, 0.05) is 12.0 Å². The van der Waals surface area contributed by atoms with E-state index in [4.69, 9.17) is 4.42 Å². The predicted octanol–water partition coefficient (Wildman–Crippen LogP) is 3.93. The van der Waals surface area contributed by atoms with E-state index in [0.717, 1.165) is 18.2 Å². The fourth-order valence-electron chi connectivity index (χ4n) is 3.32. The molecule has 2 aliphatic carbocycles. The van der Waals surface area contributed by atoms with E-state index < -0.39 is 0 Å². The summed E-state index contributed by atoms with van der Waals surface area (Å²) in [6.45, 7) is 12.5. The van der Waals surface area contributed by atoms with Crippen LogP contribution in [0.5, 0.6) is 0 Å². The Bertz CT molecular complexity index is 443. The van der Waals surface area contributed by atoms with Gasteiger partial charge < -0.3 is 9.73 Å². The Kier molecular flexibility index (Phi) is 2.48. The standard InChI is InChI=1S/C16H25NO/c1-10-8-12(10)13-7-6-11(18-13)9-17-14-15(2,3)16(14,4)5/h6-7,10,12,14,17H,8-9H2,1-5H3. The highest BCUT2D eigenvalue weighted by Crippen LogP contribution is 2.62. The highest BCUT2D eigenvalue weighted by Gasteiger charge is 2.64. The van der Waals surface area contributed by atoms with Crippen LogP contribution >= 0.6 is 0 Å². The molecule has 18 heavy (non-hydrogen) atoms. The Hall–Kier alpha value is -0.760. The molecule has 1 aromatic rings. The third kappa shape index (κ3) is 1.73. The zero-order chi connectivity index (χ0) is 13.1. The van der Waals surface area contributed by atoms with Crippen molar-refractivity contribution in [3.8, 4) is 0 Å². The summed E-state index contributed by atoms with van der Waals surface area (Å²) >= 11 is 0. The largest absolute Gasteiger partial charge is 0.464 e. The highest BCUT2D eigenvalue weighted by atomic mass is 16.3. The van der Waals surface area contributed by atoms with Gasteiger partial charge in [-0.3, -0.25) is 0 Å². The summed E-state index contributed by atoms with van der Waals surface area (Å²) in [6.07, 6.45) is 1.29. The van der Waals surface area contributed by atoms with Gasteiger partial charge in [-0.1, -0.05) is 34.6 Å². The van der Waals surface area contributed by atoms with Gasteiger partial charge in [-0.25, -0.2) is 0 Å². The Morgan fingerprint density at radius 3 is 2.33 bits per heavy atom. The van der Waals surface area contributed by atoms with Crippen molar-refractivity contribution in [2.75, 3.05) is 0 Å². The molecule has 1 aromatic heterocycles. The molecule has 0 aromatic carbocycles. The monoisotopic (exact) mass is 247 g/mol. The van der Waals surface area contributed by atoms with Crippen molar-refractivity contribution in [1.82, 2.24) is 5.32 Å². The summed E-state index contributed by atoms with van der Waals surface area (Å²) in [4.78, 5) is 0. The van der Waals surface area contributed by atoms with E-state index in [1.54, 1.807) is 0 Å². The van der Waals surface area contributed by atoms with Gasteiger partial charge in [-0.2, -0.15) is 0 Å². The lowest BCUT2D eigenvalue weighted by Crippen LogP contribution is -2.21. The summed E-state index contributed by atoms with van der Waals surface area (Å²) in [5, 5.41) is 3.64. The van der Waals surface area contributed by atoms with Crippen LogP contribution in [-0.4, -0.2) is 6.04 Å². The Morgan fingerprint density at radius 1 is 1.22 bits per heavy atom. The third-order valence-corrected chi connectivity index (χ3v) is 5.66. The van der Waals surface area contributed by atoms with Crippen LogP contribution < -0.4 is 5.32 Å². The molecule has 2 atom stereocenters. The third-order valence-electron chi connectivity index (χ3n) is 5.66. The first-order valence-corrected chi connectivity index (χ1v) is 7.16. The van der Waals surface area contributed by atoms with E-state index in [1.807, 2.05) is 0 Å². The average Bonchev–Trinajstić information content (AvgIpc) is 2.97. The Morgan fingerprint density at radius 2 is 1.83 bits per heavy atom. The van der Waals surface area contributed by atoms with Crippen molar-refractivity contribution in [3.05, 3.63) is 23.7 Å². The summed E-state index contributed by atoms with van der Waals surface area (Å²) in [6, 6.07) is 4.89. The molecular formula is C16H25NO. The summed E-state index contributed by atoms with van der Waals surface area (Å²) < 4.78 is 5.93. The summed E-state index contributed by atoms with van der Waals surface area (Å²) in [7, 11) is 0. The van der Waals surface area contributed by atoms with Gasteiger partial charge >= 0.3 is 0 Å². The summed E-state index contributed by atoms with van der Waals surface area (Å²) in [5.41, 5.74) is 0.793. The first-order chi connectivity index (χ1) is 8.34. The van der Waals surface area contributed by atoms with Crippen LogP contribution in [0.3, 0.4) is 0 Å². The quantitative estimate of drug-likeness (QED) is 0.872. The van der Waals surface area contributed by atoms with Crippen molar-refractivity contribution in [2.24, 2.45) is 16.7 Å². The van der Waals surface area contributed by atoms with E-state index in [1.165, 1.54) is 12.2 Å². The minimum atomic E-state index is 0.396. The van der Waals surface area contributed by atoms with Crippen molar-refractivity contribution in [2.45, 2.75) is 59.5 Å². The van der Waals surface area contributed by atoms with Crippen LogP contribution in [-0.2, 0) is 6.54 Å². The van der Waals surface area contributed by atoms with E-state index in [-0.39, 0.29) is 0 Å². The van der Waals surface area contributed by atoms with E-state index in [2.05, 4.69) is 52.1 Å². The molecule has 0 aliphatic heterocycles. The van der Waals surface area contributed by atoms with Gasteiger partial charge in [-0.15, -0.1) is 0 Å². The van der Waals surface area contributed by atoms with Crippen molar-refractivity contribution in [1.29, 1.82) is 0 Å². The average molecular weight is 247 g/mol. The molecule has 3 rings (SSSR count). The second kappa shape index (κ2) is 3.63. The Balaban J connectivity index is 1.57.